The summed E-state index contributed by atoms with van der Waals surface area (Å²) < 4.78 is 1.91. The minimum atomic E-state index is 0.655. The highest BCUT2D eigenvalue weighted by molar-refractivity contribution is 5.62. The van der Waals surface area contributed by atoms with E-state index in [1.54, 1.807) is 0 Å². The quantitative estimate of drug-likeness (QED) is 0.693. The van der Waals surface area contributed by atoms with Gasteiger partial charge in [0.15, 0.2) is 5.65 Å². The Kier molecular flexibility index (Phi) is 2.37. The standard InChI is InChI=1S/C16H15N3/c1-2-5-12(6-3-1)14-10-17-16-9-15(13-7-4-8-13)18-19(16)11-14/h1-3,5-6,9-11,13H,4,7-8H2. The molecule has 19 heavy (non-hydrogen) atoms. The van der Waals surface area contributed by atoms with Crippen LogP contribution >= 0.6 is 0 Å². The highest BCUT2D eigenvalue weighted by atomic mass is 15.2. The van der Waals surface area contributed by atoms with E-state index in [2.05, 4.69) is 34.5 Å². The minimum Gasteiger partial charge on any atom is -0.236 e. The van der Waals surface area contributed by atoms with Crippen LogP contribution in [0.5, 0.6) is 0 Å². The van der Waals surface area contributed by atoms with Crippen LogP contribution < -0.4 is 0 Å². The summed E-state index contributed by atoms with van der Waals surface area (Å²) >= 11 is 0. The van der Waals surface area contributed by atoms with Crippen molar-refractivity contribution in [1.82, 2.24) is 14.6 Å². The van der Waals surface area contributed by atoms with E-state index >= 15 is 0 Å². The van der Waals surface area contributed by atoms with Gasteiger partial charge in [0, 0.05) is 29.9 Å². The molecule has 1 aliphatic rings. The molecular weight excluding hydrogens is 234 g/mol. The summed E-state index contributed by atoms with van der Waals surface area (Å²) in [7, 11) is 0. The van der Waals surface area contributed by atoms with Crippen molar-refractivity contribution < 1.29 is 0 Å². The van der Waals surface area contributed by atoms with Crippen molar-refractivity contribution in [2.24, 2.45) is 0 Å². The number of aromatic nitrogens is 3. The van der Waals surface area contributed by atoms with Gasteiger partial charge in [-0.1, -0.05) is 36.8 Å². The summed E-state index contributed by atoms with van der Waals surface area (Å²) in [6.07, 6.45) is 7.88. The molecule has 3 aromatic rings. The van der Waals surface area contributed by atoms with Crippen molar-refractivity contribution in [3.63, 3.8) is 0 Å². The Morgan fingerprint density at radius 2 is 1.89 bits per heavy atom. The van der Waals surface area contributed by atoms with Gasteiger partial charge in [0.25, 0.3) is 0 Å². The molecule has 4 rings (SSSR count). The van der Waals surface area contributed by atoms with Crippen molar-refractivity contribution in [2.45, 2.75) is 25.2 Å². The SMILES string of the molecule is c1ccc(-c2cnc3cc(C4CCC4)nn3c2)cc1. The minimum absolute atomic E-state index is 0.655. The van der Waals surface area contributed by atoms with Gasteiger partial charge in [-0.3, -0.25) is 0 Å². The molecule has 0 N–H and O–H groups in total. The van der Waals surface area contributed by atoms with Gasteiger partial charge < -0.3 is 0 Å². The predicted octanol–water partition coefficient (Wildman–Crippen LogP) is 3.66. The fraction of sp³-hybridized carbons (Fsp3) is 0.250. The number of rotatable bonds is 2. The molecule has 2 aromatic heterocycles. The number of hydrogen-bond donors (Lipinski definition) is 0. The predicted molar refractivity (Wildman–Crippen MR) is 75.0 cm³/mol. The summed E-state index contributed by atoms with van der Waals surface area (Å²) in [5, 5.41) is 4.68. The first-order chi connectivity index (χ1) is 9.40. The maximum absolute atomic E-state index is 4.68. The van der Waals surface area contributed by atoms with Crippen LogP contribution in [-0.4, -0.2) is 14.6 Å². The molecule has 94 valence electrons. The molecule has 2 heterocycles. The molecule has 0 amide bonds. The summed E-state index contributed by atoms with van der Waals surface area (Å²) in [5.41, 5.74) is 4.43. The van der Waals surface area contributed by atoms with Crippen molar-refractivity contribution >= 4 is 5.65 Å². The van der Waals surface area contributed by atoms with Crippen molar-refractivity contribution in [2.75, 3.05) is 0 Å². The average molecular weight is 249 g/mol. The van der Waals surface area contributed by atoms with E-state index in [1.165, 1.54) is 30.5 Å². The van der Waals surface area contributed by atoms with E-state index in [1.807, 2.05) is 28.9 Å². The van der Waals surface area contributed by atoms with Crippen LogP contribution in [0.15, 0.2) is 48.8 Å². The van der Waals surface area contributed by atoms with Gasteiger partial charge in [-0.15, -0.1) is 0 Å². The Balaban J connectivity index is 1.78. The first-order valence-electron chi connectivity index (χ1n) is 6.81. The molecule has 0 radical (unpaired) electrons. The van der Waals surface area contributed by atoms with Gasteiger partial charge in [-0.25, -0.2) is 9.50 Å². The molecule has 1 aromatic carbocycles. The third-order valence-corrected chi connectivity index (χ3v) is 3.96. The molecule has 3 heteroatoms. The van der Waals surface area contributed by atoms with Gasteiger partial charge in [-0.05, 0) is 18.4 Å². The van der Waals surface area contributed by atoms with E-state index in [0.29, 0.717) is 5.92 Å². The number of benzene rings is 1. The van der Waals surface area contributed by atoms with Crippen molar-refractivity contribution in [1.29, 1.82) is 0 Å². The smallest absolute Gasteiger partial charge is 0.155 e. The maximum atomic E-state index is 4.68. The highest BCUT2D eigenvalue weighted by Crippen LogP contribution is 2.35. The van der Waals surface area contributed by atoms with E-state index in [4.69, 9.17) is 0 Å². The van der Waals surface area contributed by atoms with Gasteiger partial charge in [-0.2, -0.15) is 5.10 Å². The largest absolute Gasteiger partial charge is 0.236 e. The second-order valence-corrected chi connectivity index (χ2v) is 5.21. The first kappa shape index (κ1) is 10.7. The van der Waals surface area contributed by atoms with Crippen LogP contribution in [0.4, 0.5) is 0 Å². The topological polar surface area (TPSA) is 30.2 Å². The molecule has 0 atom stereocenters. The van der Waals surface area contributed by atoms with E-state index in [0.717, 1.165) is 11.2 Å². The Labute approximate surface area is 111 Å². The number of fused-ring (bicyclic) bond motifs is 1. The average Bonchev–Trinajstić information content (AvgIpc) is 2.79. The molecule has 3 nitrogen and oxygen atoms in total. The number of hydrogen-bond acceptors (Lipinski definition) is 2. The van der Waals surface area contributed by atoms with Gasteiger partial charge >= 0.3 is 0 Å². The van der Waals surface area contributed by atoms with Gasteiger partial charge in [0.05, 0.1) is 5.69 Å². The molecule has 0 unspecified atom stereocenters. The van der Waals surface area contributed by atoms with Crippen LogP contribution in [0.1, 0.15) is 30.9 Å². The normalized spacial score (nSPS) is 15.6. The third-order valence-electron chi connectivity index (χ3n) is 3.96. The maximum Gasteiger partial charge on any atom is 0.155 e. The third kappa shape index (κ3) is 1.82. The lowest BCUT2D eigenvalue weighted by molar-refractivity contribution is 0.409. The highest BCUT2D eigenvalue weighted by Gasteiger charge is 2.22. The number of nitrogens with zero attached hydrogens (tertiary/aromatic N) is 3. The monoisotopic (exact) mass is 249 g/mol. The molecule has 1 fully saturated rings. The fourth-order valence-electron chi connectivity index (χ4n) is 2.58. The first-order valence-corrected chi connectivity index (χ1v) is 6.81. The zero-order valence-corrected chi connectivity index (χ0v) is 10.7. The molecule has 0 saturated heterocycles. The van der Waals surface area contributed by atoms with E-state index < -0.39 is 0 Å². The second-order valence-electron chi connectivity index (χ2n) is 5.21. The zero-order chi connectivity index (χ0) is 12.7. The van der Waals surface area contributed by atoms with E-state index in [-0.39, 0.29) is 0 Å². The molecule has 0 spiro atoms. The van der Waals surface area contributed by atoms with Crippen LogP contribution in [0, 0.1) is 0 Å². The lowest BCUT2D eigenvalue weighted by Gasteiger charge is -2.22. The van der Waals surface area contributed by atoms with Crippen molar-refractivity contribution in [3.05, 3.63) is 54.5 Å². The van der Waals surface area contributed by atoms with Crippen LogP contribution in [0.2, 0.25) is 0 Å². The van der Waals surface area contributed by atoms with Gasteiger partial charge in [0.2, 0.25) is 0 Å². The van der Waals surface area contributed by atoms with Crippen LogP contribution in [0.25, 0.3) is 16.8 Å². The van der Waals surface area contributed by atoms with Crippen molar-refractivity contribution in [3.8, 4) is 11.1 Å². The summed E-state index contributed by atoms with van der Waals surface area (Å²) in [6, 6.07) is 12.4. The van der Waals surface area contributed by atoms with Crippen LogP contribution in [0.3, 0.4) is 0 Å². The molecular formula is C16H15N3. The van der Waals surface area contributed by atoms with Crippen LogP contribution in [-0.2, 0) is 0 Å². The Morgan fingerprint density at radius 1 is 1.05 bits per heavy atom. The molecule has 1 saturated carbocycles. The Hall–Kier alpha value is -2.16. The zero-order valence-electron chi connectivity index (χ0n) is 10.7. The fourth-order valence-corrected chi connectivity index (χ4v) is 2.58. The molecule has 0 bridgehead atoms. The van der Waals surface area contributed by atoms with Gasteiger partial charge in [0.1, 0.15) is 0 Å². The Morgan fingerprint density at radius 3 is 2.63 bits per heavy atom. The summed E-state index contributed by atoms with van der Waals surface area (Å²) in [6.45, 7) is 0. The summed E-state index contributed by atoms with van der Waals surface area (Å²) in [5.74, 6) is 0.655. The second kappa shape index (κ2) is 4.19. The lowest BCUT2D eigenvalue weighted by atomic mass is 9.83. The lowest BCUT2D eigenvalue weighted by Crippen LogP contribution is -2.09. The molecule has 0 aliphatic heterocycles. The molecule has 1 aliphatic carbocycles. The summed E-state index contributed by atoms with van der Waals surface area (Å²) in [4.78, 5) is 4.52. The Bertz CT molecular complexity index is 711. The van der Waals surface area contributed by atoms with E-state index in [9.17, 15) is 0 Å².